The van der Waals surface area contributed by atoms with Crippen LogP contribution in [0.5, 0.6) is 0 Å². The molecule has 0 amide bonds. The van der Waals surface area contributed by atoms with E-state index in [1.807, 2.05) is 30.3 Å². The smallest absolute Gasteiger partial charge is 0.273 e. The third-order valence-corrected chi connectivity index (χ3v) is 2.17. The van der Waals surface area contributed by atoms with E-state index in [2.05, 4.69) is 5.10 Å². The molecule has 1 N–H and O–H groups in total. The summed E-state index contributed by atoms with van der Waals surface area (Å²) in [6.07, 6.45) is 0. The lowest BCUT2D eigenvalue weighted by Crippen LogP contribution is -2.15. The largest absolute Gasteiger partial charge is 0.306 e. The predicted octanol–water partition coefficient (Wildman–Crippen LogP) is 0.268. The van der Waals surface area contributed by atoms with Gasteiger partial charge in [0.2, 0.25) is 0 Å². The van der Waals surface area contributed by atoms with Crippen molar-refractivity contribution < 1.29 is 0 Å². The molecule has 0 aliphatic rings. The molecule has 0 saturated heterocycles. The van der Waals surface area contributed by atoms with Crippen molar-refractivity contribution >= 4 is 13.4 Å². The molecular weight excluding hydrogens is 175 g/mol. The van der Waals surface area contributed by atoms with E-state index in [4.69, 9.17) is 7.85 Å². The number of aromatic nitrogens is 2. The van der Waals surface area contributed by atoms with Crippen LogP contribution >= 0.6 is 0 Å². The number of rotatable bonds is 1. The van der Waals surface area contributed by atoms with Crippen LogP contribution in [0.15, 0.2) is 35.1 Å². The third-order valence-electron chi connectivity index (χ3n) is 2.17. The Kier molecular flexibility index (Phi) is 2.04. The minimum atomic E-state index is -0.103. The molecule has 4 heteroatoms. The van der Waals surface area contributed by atoms with Gasteiger partial charge in [0.25, 0.3) is 5.56 Å². The van der Waals surface area contributed by atoms with Crippen molar-refractivity contribution in [2.24, 2.45) is 0 Å². The molecule has 0 unspecified atom stereocenters. The summed E-state index contributed by atoms with van der Waals surface area (Å²) in [5.74, 6) is 0. The Morgan fingerprint density at radius 1 is 1.29 bits per heavy atom. The van der Waals surface area contributed by atoms with Crippen molar-refractivity contribution in [1.82, 2.24) is 9.78 Å². The van der Waals surface area contributed by atoms with E-state index in [1.54, 1.807) is 6.92 Å². The summed E-state index contributed by atoms with van der Waals surface area (Å²) in [5, 5.41) is 2.81. The molecule has 0 spiro atoms. The summed E-state index contributed by atoms with van der Waals surface area (Å²) in [6, 6.07) is 9.32. The Bertz CT molecular complexity index is 499. The summed E-state index contributed by atoms with van der Waals surface area (Å²) in [4.78, 5) is 11.6. The van der Waals surface area contributed by atoms with Crippen molar-refractivity contribution in [3.05, 3.63) is 46.2 Å². The molecule has 0 atom stereocenters. The third kappa shape index (κ3) is 1.29. The quantitative estimate of drug-likeness (QED) is 0.634. The molecule has 0 bridgehead atoms. The van der Waals surface area contributed by atoms with Crippen LogP contribution < -0.4 is 11.2 Å². The lowest BCUT2D eigenvalue weighted by molar-refractivity contribution is 0.856. The standard InChI is InChI=1S/C10H9BN2O/c1-7-9(11)12-13(10(7)14)8-5-3-2-4-6-8/h2-6,12H,1H3. The van der Waals surface area contributed by atoms with Gasteiger partial charge in [0.15, 0.2) is 0 Å². The van der Waals surface area contributed by atoms with Crippen LogP contribution in [0.2, 0.25) is 0 Å². The topological polar surface area (TPSA) is 37.8 Å². The lowest BCUT2D eigenvalue weighted by Gasteiger charge is -1.99. The molecular formula is C10H9BN2O. The number of benzene rings is 1. The van der Waals surface area contributed by atoms with Crippen molar-refractivity contribution in [3.63, 3.8) is 0 Å². The highest BCUT2D eigenvalue weighted by Gasteiger charge is 2.06. The molecule has 2 radical (unpaired) electrons. The summed E-state index contributed by atoms with van der Waals surface area (Å²) >= 11 is 0. The first-order valence-electron chi connectivity index (χ1n) is 4.32. The highest BCUT2D eigenvalue weighted by atomic mass is 16.1. The Morgan fingerprint density at radius 3 is 2.43 bits per heavy atom. The molecule has 68 valence electrons. The van der Waals surface area contributed by atoms with E-state index in [-0.39, 0.29) is 5.56 Å². The Hall–Kier alpha value is -1.71. The van der Waals surface area contributed by atoms with Gasteiger partial charge in [-0.3, -0.25) is 4.79 Å². The molecule has 14 heavy (non-hydrogen) atoms. The summed E-state index contributed by atoms with van der Waals surface area (Å²) in [7, 11) is 5.60. The molecule has 2 rings (SSSR count). The number of nitrogens with one attached hydrogen (secondary N) is 1. The van der Waals surface area contributed by atoms with Gasteiger partial charge in [0.05, 0.1) is 5.69 Å². The Balaban J connectivity index is 2.64. The monoisotopic (exact) mass is 184 g/mol. The van der Waals surface area contributed by atoms with Gasteiger partial charge >= 0.3 is 0 Å². The van der Waals surface area contributed by atoms with Gasteiger partial charge < -0.3 is 5.10 Å². The maximum absolute atomic E-state index is 11.6. The lowest BCUT2D eigenvalue weighted by atomic mass is 10.0. The Morgan fingerprint density at radius 2 is 1.93 bits per heavy atom. The van der Waals surface area contributed by atoms with E-state index in [9.17, 15) is 4.79 Å². The predicted molar refractivity (Wildman–Crippen MR) is 56.5 cm³/mol. The van der Waals surface area contributed by atoms with Crippen molar-refractivity contribution in [2.75, 3.05) is 0 Å². The van der Waals surface area contributed by atoms with Gasteiger partial charge in [-0.2, -0.15) is 0 Å². The van der Waals surface area contributed by atoms with E-state index >= 15 is 0 Å². The maximum atomic E-state index is 11.6. The number of H-pyrrole nitrogens is 1. The average Bonchev–Trinajstić information content (AvgIpc) is 2.47. The average molecular weight is 184 g/mol. The molecule has 2 aromatic rings. The minimum Gasteiger partial charge on any atom is -0.306 e. The van der Waals surface area contributed by atoms with E-state index in [1.165, 1.54) is 4.68 Å². The van der Waals surface area contributed by atoms with Gasteiger partial charge in [-0.15, -0.1) is 0 Å². The zero-order valence-corrected chi connectivity index (χ0v) is 7.82. The highest BCUT2D eigenvalue weighted by Crippen LogP contribution is 2.01. The van der Waals surface area contributed by atoms with Crippen LogP contribution in [0.1, 0.15) is 5.56 Å². The first-order chi connectivity index (χ1) is 6.70. The zero-order chi connectivity index (χ0) is 10.1. The van der Waals surface area contributed by atoms with Gasteiger partial charge in [0, 0.05) is 5.56 Å². The molecule has 1 aromatic heterocycles. The number of hydrogen-bond donors (Lipinski definition) is 1. The zero-order valence-electron chi connectivity index (χ0n) is 7.82. The molecule has 0 aliphatic carbocycles. The minimum absolute atomic E-state index is 0.103. The van der Waals surface area contributed by atoms with Crippen molar-refractivity contribution in [1.29, 1.82) is 0 Å². The van der Waals surface area contributed by atoms with E-state index in [0.717, 1.165) is 5.69 Å². The summed E-state index contributed by atoms with van der Waals surface area (Å²) in [5.41, 5.74) is 1.65. The first-order valence-corrected chi connectivity index (χ1v) is 4.32. The van der Waals surface area contributed by atoms with Crippen molar-refractivity contribution in [2.45, 2.75) is 6.92 Å². The normalized spacial score (nSPS) is 10.4. The SMILES string of the molecule is [B]c1[nH]n(-c2ccccc2)c(=O)c1C. The number of nitrogens with zero attached hydrogens (tertiary/aromatic N) is 1. The second kappa shape index (κ2) is 3.22. The van der Waals surface area contributed by atoms with Gasteiger partial charge in [-0.05, 0) is 24.6 Å². The summed E-state index contributed by atoms with van der Waals surface area (Å²) < 4.78 is 1.44. The number of aromatic amines is 1. The molecule has 0 aliphatic heterocycles. The molecule has 3 nitrogen and oxygen atoms in total. The van der Waals surface area contributed by atoms with Crippen LogP contribution in [0, 0.1) is 6.92 Å². The second-order valence-electron chi connectivity index (χ2n) is 3.13. The highest BCUT2D eigenvalue weighted by molar-refractivity contribution is 6.31. The number of para-hydroxylation sites is 1. The van der Waals surface area contributed by atoms with Crippen LogP contribution in [0.25, 0.3) is 5.69 Å². The summed E-state index contributed by atoms with van der Waals surface area (Å²) in [6.45, 7) is 1.70. The first kappa shape index (κ1) is 8.87. The fraction of sp³-hybridized carbons (Fsp3) is 0.100. The number of hydrogen-bond acceptors (Lipinski definition) is 1. The fourth-order valence-electron chi connectivity index (χ4n) is 1.30. The Labute approximate surface area is 82.8 Å². The molecule has 0 saturated carbocycles. The van der Waals surface area contributed by atoms with Crippen LogP contribution in [0.3, 0.4) is 0 Å². The second-order valence-corrected chi connectivity index (χ2v) is 3.13. The van der Waals surface area contributed by atoms with Gasteiger partial charge in [-0.1, -0.05) is 18.2 Å². The fourth-order valence-corrected chi connectivity index (χ4v) is 1.30. The molecule has 1 heterocycles. The van der Waals surface area contributed by atoms with E-state index in [0.29, 0.717) is 11.2 Å². The van der Waals surface area contributed by atoms with E-state index < -0.39 is 0 Å². The van der Waals surface area contributed by atoms with Crippen LogP contribution in [0.4, 0.5) is 0 Å². The molecule has 0 fully saturated rings. The maximum Gasteiger partial charge on any atom is 0.273 e. The van der Waals surface area contributed by atoms with Gasteiger partial charge in [0.1, 0.15) is 7.85 Å². The van der Waals surface area contributed by atoms with Crippen LogP contribution in [-0.2, 0) is 0 Å². The van der Waals surface area contributed by atoms with Crippen molar-refractivity contribution in [3.8, 4) is 5.69 Å². The molecule has 1 aromatic carbocycles. The van der Waals surface area contributed by atoms with Gasteiger partial charge in [-0.25, -0.2) is 4.68 Å². The van der Waals surface area contributed by atoms with Crippen LogP contribution in [-0.4, -0.2) is 17.6 Å².